The number of nitrogens with zero attached hydrogens (tertiary/aromatic N) is 2. The summed E-state index contributed by atoms with van der Waals surface area (Å²) in [4.78, 5) is 11.2. The number of rotatable bonds is 4. The second-order valence-electron chi connectivity index (χ2n) is 3.43. The van der Waals surface area contributed by atoms with Crippen molar-refractivity contribution >= 4 is 5.91 Å². The topological polar surface area (TPSA) is 72.9 Å². The predicted octanol–water partition coefficient (Wildman–Crippen LogP) is -0.265. The molecule has 1 amide bonds. The first kappa shape index (κ1) is 10.7. The molecule has 1 heterocycles. The van der Waals surface area contributed by atoms with Crippen molar-refractivity contribution in [2.45, 2.75) is 32.5 Å². The van der Waals surface area contributed by atoms with E-state index in [4.69, 9.17) is 5.73 Å². The molecule has 1 unspecified atom stereocenters. The van der Waals surface area contributed by atoms with Crippen LogP contribution >= 0.6 is 0 Å². The van der Waals surface area contributed by atoms with Crippen LogP contribution in [-0.2, 0) is 11.3 Å². The Balaban J connectivity index is 2.36. The summed E-state index contributed by atoms with van der Waals surface area (Å²) in [6.45, 7) is 4.24. The summed E-state index contributed by atoms with van der Waals surface area (Å²) in [6.07, 6.45) is 3.56. The second-order valence-corrected chi connectivity index (χ2v) is 3.43. The Bertz CT molecular complexity index is 281. The zero-order valence-electron chi connectivity index (χ0n) is 8.47. The van der Waals surface area contributed by atoms with Crippen molar-refractivity contribution in [1.29, 1.82) is 0 Å². The SMILES string of the molecule is CC(Cn1cccn1)NC(=O)[C@@H](C)N. The van der Waals surface area contributed by atoms with Crippen molar-refractivity contribution in [3.05, 3.63) is 18.5 Å². The maximum atomic E-state index is 11.2. The molecule has 5 nitrogen and oxygen atoms in total. The Kier molecular flexibility index (Phi) is 3.64. The molecule has 2 atom stereocenters. The third-order valence-corrected chi connectivity index (χ3v) is 1.82. The molecule has 78 valence electrons. The van der Waals surface area contributed by atoms with Gasteiger partial charge in [-0.25, -0.2) is 0 Å². The maximum Gasteiger partial charge on any atom is 0.236 e. The zero-order chi connectivity index (χ0) is 10.6. The smallest absolute Gasteiger partial charge is 0.236 e. The Morgan fingerprint density at radius 2 is 2.36 bits per heavy atom. The van der Waals surface area contributed by atoms with E-state index in [1.807, 2.05) is 19.2 Å². The van der Waals surface area contributed by atoms with E-state index in [1.165, 1.54) is 0 Å². The van der Waals surface area contributed by atoms with Gasteiger partial charge in [-0.15, -0.1) is 0 Å². The van der Waals surface area contributed by atoms with Gasteiger partial charge in [-0.2, -0.15) is 5.10 Å². The lowest BCUT2D eigenvalue weighted by Gasteiger charge is -2.15. The van der Waals surface area contributed by atoms with Crippen LogP contribution in [0.25, 0.3) is 0 Å². The lowest BCUT2D eigenvalue weighted by Crippen LogP contribution is -2.44. The Morgan fingerprint density at radius 1 is 1.64 bits per heavy atom. The lowest BCUT2D eigenvalue weighted by molar-refractivity contribution is -0.122. The minimum absolute atomic E-state index is 0.0356. The quantitative estimate of drug-likeness (QED) is 0.696. The first-order chi connectivity index (χ1) is 6.59. The molecule has 1 aromatic heterocycles. The van der Waals surface area contributed by atoms with Gasteiger partial charge < -0.3 is 11.1 Å². The highest BCUT2D eigenvalue weighted by Crippen LogP contribution is 1.91. The van der Waals surface area contributed by atoms with Crippen LogP contribution in [0.5, 0.6) is 0 Å². The van der Waals surface area contributed by atoms with Crippen molar-refractivity contribution in [2.24, 2.45) is 5.73 Å². The summed E-state index contributed by atoms with van der Waals surface area (Å²) in [5.74, 6) is -0.135. The van der Waals surface area contributed by atoms with Gasteiger partial charge in [0.05, 0.1) is 12.6 Å². The van der Waals surface area contributed by atoms with Crippen LogP contribution in [0.15, 0.2) is 18.5 Å². The number of amides is 1. The Labute approximate surface area is 83.3 Å². The van der Waals surface area contributed by atoms with E-state index in [0.29, 0.717) is 6.54 Å². The second kappa shape index (κ2) is 4.76. The van der Waals surface area contributed by atoms with Gasteiger partial charge in [0.15, 0.2) is 0 Å². The van der Waals surface area contributed by atoms with Crippen molar-refractivity contribution < 1.29 is 4.79 Å². The van der Waals surface area contributed by atoms with Gasteiger partial charge in [0.1, 0.15) is 0 Å². The summed E-state index contributed by atoms with van der Waals surface area (Å²) in [5.41, 5.74) is 5.42. The van der Waals surface area contributed by atoms with Crippen molar-refractivity contribution in [3.8, 4) is 0 Å². The molecule has 0 aliphatic carbocycles. The van der Waals surface area contributed by atoms with Gasteiger partial charge in [0, 0.05) is 18.4 Å². The molecule has 0 aliphatic rings. The van der Waals surface area contributed by atoms with Crippen LogP contribution < -0.4 is 11.1 Å². The van der Waals surface area contributed by atoms with E-state index in [9.17, 15) is 4.79 Å². The fraction of sp³-hybridized carbons (Fsp3) is 0.556. The minimum atomic E-state index is -0.463. The number of carbonyl (C=O) groups excluding carboxylic acids is 1. The number of carbonyl (C=O) groups is 1. The van der Waals surface area contributed by atoms with Gasteiger partial charge >= 0.3 is 0 Å². The van der Waals surface area contributed by atoms with Gasteiger partial charge in [-0.3, -0.25) is 9.48 Å². The first-order valence-electron chi connectivity index (χ1n) is 4.63. The Hall–Kier alpha value is -1.36. The molecule has 3 N–H and O–H groups in total. The molecular weight excluding hydrogens is 180 g/mol. The van der Waals surface area contributed by atoms with Crippen LogP contribution in [-0.4, -0.2) is 27.8 Å². The fourth-order valence-electron chi connectivity index (χ4n) is 1.11. The van der Waals surface area contributed by atoms with Gasteiger partial charge in [0.25, 0.3) is 0 Å². The van der Waals surface area contributed by atoms with Crippen LogP contribution in [0.4, 0.5) is 0 Å². The maximum absolute atomic E-state index is 11.2. The number of aromatic nitrogens is 2. The van der Waals surface area contributed by atoms with E-state index in [1.54, 1.807) is 17.8 Å². The number of hydrogen-bond donors (Lipinski definition) is 2. The van der Waals surface area contributed by atoms with Crippen LogP contribution in [0.3, 0.4) is 0 Å². The third-order valence-electron chi connectivity index (χ3n) is 1.82. The average molecular weight is 196 g/mol. The van der Waals surface area contributed by atoms with E-state index >= 15 is 0 Å². The lowest BCUT2D eigenvalue weighted by atomic mass is 10.3. The average Bonchev–Trinajstić information content (AvgIpc) is 2.56. The molecule has 0 saturated heterocycles. The van der Waals surface area contributed by atoms with E-state index in [0.717, 1.165) is 0 Å². The molecule has 1 rings (SSSR count). The largest absolute Gasteiger partial charge is 0.350 e. The first-order valence-corrected chi connectivity index (χ1v) is 4.63. The molecule has 0 bridgehead atoms. The summed E-state index contributed by atoms with van der Waals surface area (Å²) >= 11 is 0. The monoisotopic (exact) mass is 196 g/mol. The summed E-state index contributed by atoms with van der Waals surface area (Å²) < 4.78 is 1.77. The summed E-state index contributed by atoms with van der Waals surface area (Å²) in [6, 6.07) is 1.42. The van der Waals surface area contributed by atoms with Crippen LogP contribution in [0.2, 0.25) is 0 Å². The molecule has 0 aromatic carbocycles. The van der Waals surface area contributed by atoms with Gasteiger partial charge in [0.2, 0.25) is 5.91 Å². The van der Waals surface area contributed by atoms with E-state index in [-0.39, 0.29) is 11.9 Å². The predicted molar refractivity (Wildman–Crippen MR) is 53.5 cm³/mol. The standard InChI is InChI=1S/C9H16N4O/c1-7(12-9(14)8(2)10)6-13-5-3-4-11-13/h3-5,7-8H,6,10H2,1-2H3,(H,12,14)/t7?,8-/m1/s1. The molecule has 0 spiro atoms. The molecule has 0 fully saturated rings. The zero-order valence-corrected chi connectivity index (χ0v) is 8.47. The number of hydrogen-bond acceptors (Lipinski definition) is 3. The van der Waals surface area contributed by atoms with Crippen molar-refractivity contribution in [3.63, 3.8) is 0 Å². The highest BCUT2D eigenvalue weighted by atomic mass is 16.2. The Morgan fingerprint density at radius 3 is 2.86 bits per heavy atom. The third kappa shape index (κ3) is 3.18. The normalized spacial score (nSPS) is 14.8. The molecule has 0 radical (unpaired) electrons. The fourth-order valence-corrected chi connectivity index (χ4v) is 1.11. The van der Waals surface area contributed by atoms with Crippen LogP contribution in [0, 0.1) is 0 Å². The molecule has 5 heteroatoms. The summed E-state index contributed by atoms with van der Waals surface area (Å²) in [7, 11) is 0. The molecule has 0 aliphatic heterocycles. The molecule has 0 saturated carbocycles. The van der Waals surface area contributed by atoms with Gasteiger partial charge in [-0.1, -0.05) is 0 Å². The van der Waals surface area contributed by atoms with E-state index < -0.39 is 6.04 Å². The number of nitrogens with one attached hydrogen (secondary N) is 1. The molecule has 14 heavy (non-hydrogen) atoms. The van der Waals surface area contributed by atoms with Gasteiger partial charge in [-0.05, 0) is 19.9 Å². The minimum Gasteiger partial charge on any atom is -0.350 e. The summed E-state index contributed by atoms with van der Waals surface area (Å²) in [5, 5.41) is 6.84. The van der Waals surface area contributed by atoms with E-state index in [2.05, 4.69) is 10.4 Å². The number of nitrogens with two attached hydrogens (primary N) is 1. The highest BCUT2D eigenvalue weighted by molar-refractivity contribution is 5.81. The molecule has 1 aromatic rings. The van der Waals surface area contributed by atoms with Crippen molar-refractivity contribution in [1.82, 2.24) is 15.1 Å². The highest BCUT2D eigenvalue weighted by Gasteiger charge is 2.11. The van der Waals surface area contributed by atoms with Crippen LogP contribution in [0.1, 0.15) is 13.8 Å². The molecular formula is C9H16N4O. The van der Waals surface area contributed by atoms with Crippen molar-refractivity contribution in [2.75, 3.05) is 0 Å².